The van der Waals surface area contributed by atoms with Crippen molar-refractivity contribution in [3.8, 4) is 0 Å². The van der Waals surface area contributed by atoms with Crippen molar-refractivity contribution in [3.63, 3.8) is 0 Å². The topological polar surface area (TPSA) is 53.1 Å². The SMILES string of the molecule is CCOCCCn1cncc1C(C)N. The Morgan fingerprint density at radius 2 is 2.43 bits per heavy atom. The molecule has 2 N–H and O–H groups in total. The molecule has 0 amide bonds. The number of aryl methyl sites for hydroxylation is 1. The van der Waals surface area contributed by atoms with E-state index in [0.29, 0.717) is 0 Å². The molecule has 1 rings (SSSR count). The van der Waals surface area contributed by atoms with Gasteiger partial charge < -0.3 is 15.0 Å². The summed E-state index contributed by atoms with van der Waals surface area (Å²) in [6, 6.07) is 0.0459. The van der Waals surface area contributed by atoms with Gasteiger partial charge in [0.05, 0.1) is 12.0 Å². The number of rotatable bonds is 6. The normalized spacial score (nSPS) is 13.1. The van der Waals surface area contributed by atoms with Gasteiger partial charge in [0.15, 0.2) is 0 Å². The van der Waals surface area contributed by atoms with Crippen molar-refractivity contribution in [3.05, 3.63) is 18.2 Å². The van der Waals surface area contributed by atoms with Gasteiger partial charge in [-0.15, -0.1) is 0 Å². The molecule has 1 heterocycles. The average Bonchev–Trinajstić information content (AvgIpc) is 2.60. The lowest BCUT2D eigenvalue weighted by Crippen LogP contribution is -2.12. The van der Waals surface area contributed by atoms with E-state index in [1.54, 1.807) is 0 Å². The summed E-state index contributed by atoms with van der Waals surface area (Å²) in [6.45, 7) is 6.48. The highest BCUT2D eigenvalue weighted by molar-refractivity contribution is 5.02. The van der Waals surface area contributed by atoms with Crippen molar-refractivity contribution in [2.75, 3.05) is 13.2 Å². The minimum absolute atomic E-state index is 0.0459. The number of imidazole rings is 1. The summed E-state index contributed by atoms with van der Waals surface area (Å²) in [5.41, 5.74) is 6.88. The smallest absolute Gasteiger partial charge is 0.0948 e. The first-order valence-electron chi connectivity index (χ1n) is 5.09. The molecule has 0 radical (unpaired) electrons. The van der Waals surface area contributed by atoms with Crippen LogP contribution < -0.4 is 5.73 Å². The standard InChI is InChI=1S/C10H19N3O/c1-3-14-6-4-5-13-8-12-7-10(13)9(2)11/h7-9H,3-6,11H2,1-2H3. The summed E-state index contributed by atoms with van der Waals surface area (Å²) < 4.78 is 7.35. The van der Waals surface area contributed by atoms with E-state index in [1.165, 1.54) is 0 Å². The lowest BCUT2D eigenvalue weighted by molar-refractivity contribution is 0.141. The number of aromatic nitrogens is 2. The molecular formula is C10H19N3O. The van der Waals surface area contributed by atoms with Crippen LogP contribution in [0.3, 0.4) is 0 Å². The van der Waals surface area contributed by atoms with Crippen molar-refractivity contribution in [1.82, 2.24) is 9.55 Å². The monoisotopic (exact) mass is 197 g/mol. The van der Waals surface area contributed by atoms with Crippen molar-refractivity contribution in [2.24, 2.45) is 5.73 Å². The van der Waals surface area contributed by atoms with Gasteiger partial charge in [-0.1, -0.05) is 0 Å². The maximum absolute atomic E-state index is 5.80. The fourth-order valence-electron chi connectivity index (χ4n) is 1.38. The van der Waals surface area contributed by atoms with Crippen LogP contribution in [0.1, 0.15) is 32.0 Å². The fourth-order valence-corrected chi connectivity index (χ4v) is 1.38. The van der Waals surface area contributed by atoms with Crippen LogP contribution in [0.25, 0.3) is 0 Å². The number of hydrogen-bond acceptors (Lipinski definition) is 3. The predicted molar refractivity (Wildman–Crippen MR) is 55.9 cm³/mol. The number of nitrogens with zero attached hydrogens (tertiary/aromatic N) is 2. The second-order valence-electron chi connectivity index (χ2n) is 3.35. The molecule has 0 saturated carbocycles. The summed E-state index contributed by atoms with van der Waals surface area (Å²) >= 11 is 0. The molecule has 1 unspecified atom stereocenters. The van der Waals surface area contributed by atoms with E-state index >= 15 is 0 Å². The first kappa shape index (κ1) is 11.2. The van der Waals surface area contributed by atoms with Crippen molar-refractivity contribution >= 4 is 0 Å². The van der Waals surface area contributed by atoms with Crippen LogP contribution in [0, 0.1) is 0 Å². The third-order valence-electron chi connectivity index (χ3n) is 2.10. The second kappa shape index (κ2) is 5.78. The summed E-state index contributed by atoms with van der Waals surface area (Å²) in [5, 5.41) is 0. The molecular weight excluding hydrogens is 178 g/mol. The van der Waals surface area contributed by atoms with E-state index < -0.39 is 0 Å². The molecule has 4 nitrogen and oxygen atoms in total. The Hall–Kier alpha value is -0.870. The van der Waals surface area contributed by atoms with Crippen LogP contribution >= 0.6 is 0 Å². The molecule has 0 fully saturated rings. The van der Waals surface area contributed by atoms with Gasteiger partial charge in [-0.3, -0.25) is 0 Å². The van der Waals surface area contributed by atoms with Gasteiger partial charge in [0.2, 0.25) is 0 Å². The van der Waals surface area contributed by atoms with Gasteiger partial charge in [0, 0.05) is 32.0 Å². The molecule has 80 valence electrons. The van der Waals surface area contributed by atoms with Crippen LogP contribution in [0.2, 0.25) is 0 Å². The Morgan fingerprint density at radius 3 is 3.07 bits per heavy atom. The van der Waals surface area contributed by atoms with E-state index in [1.807, 2.05) is 26.4 Å². The largest absolute Gasteiger partial charge is 0.382 e. The maximum Gasteiger partial charge on any atom is 0.0948 e. The Labute approximate surface area is 85.1 Å². The molecule has 0 spiro atoms. The van der Waals surface area contributed by atoms with Gasteiger partial charge in [0.1, 0.15) is 0 Å². The average molecular weight is 197 g/mol. The first-order chi connectivity index (χ1) is 6.75. The number of hydrogen-bond donors (Lipinski definition) is 1. The summed E-state index contributed by atoms with van der Waals surface area (Å²) in [4.78, 5) is 4.08. The molecule has 1 atom stereocenters. The molecule has 0 aliphatic rings. The van der Waals surface area contributed by atoms with Crippen LogP contribution in [-0.4, -0.2) is 22.8 Å². The van der Waals surface area contributed by atoms with Crippen molar-refractivity contribution < 1.29 is 4.74 Å². The summed E-state index contributed by atoms with van der Waals surface area (Å²) in [6.07, 6.45) is 4.65. The molecule has 0 aromatic carbocycles. The summed E-state index contributed by atoms with van der Waals surface area (Å²) in [7, 11) is 0. The highest BCUT2D eigenvalue weighted by Crippen LogP contribution is 2.08. The van der Waals surface area contributed by atoms with E-state index in [0.717, 1.165) is 31.9 Å². The molecule has 0 saturated heterocycles. The highest BCUT2D eigenvalue weighted by atomic mass is 16.5. The second-order valence-corrected chi connectivity index (χ2v) is 3.35. The van der Waals surface area contributed by atoms with Gasteiger partial charge >= 0.3 is 0 Å². The molecule has 4 heteroatoms. The minimum atomic E-state index is 0.0459. The van der Waals surface area contributed by atoms with E-state index in [2.05, 4.69) is 9.55 Å². The minimum Gasteiger partial charge on any atom is -0.382 e. The fraction of sp³-hybridized carbons (Fsp3) is 0.700. The van der Waals surface area contributed by atoms with E-state index in [4.69, 9.17) is 10.5 Å². The predicted octanol–water partition coefficient (Wildman–Crippen LogP) is 1.33. The summed E-state index contributed by atoms with van der Waals surface area (Å²) in [5.74, 6) is 0. The quantitative estimate of drug-likeness (QED) is 0.700. The third kappa shape index (κ3) is 3.12. The highest BCUT2D eigenvalue weighted by Gasteiger charge is 2.05. The van der Waals surface area contributed by atoms with Crippen LogP contribution in [0.5, 0.6) is 0 Å². The molecule has 14 heavy (non-hydrogen) atoms. The van der Waals surface area contributed by atoms with Gasteiger partial charge in [-0.2, -0.15) is 0 Å². The lowest BCUT2D eigenvalue weighted by Gasteiger charge is -2.10. The Bertz CT molecular complexity index is 258. The van der Waals surface area contributed by atoms with Gasteiger partial charge in [0.25, 0.3) is 0 Å². The zero-order valence-corrected chi connectivity index (χ0v) is 8.94. The molecule has 0 bridgehead atoms. The molecule has 1 aromatic heterocycles. The van der Waals surface area contributed by atoms with E-state index in [9.17, 15) is 0 Å². The van der Waals surface area contributed by atoms with Crippen molar-refractivity contribution in [1.29, 1.82) is 0 Å². The van der Waals surface area contributed by atoms with Gasteiger partial charge in [-0.25, -0.2) is 4.98 Å². The Balaban J connectivity index is 2.38. The first-order valence-corrected chi connectivity index (χ1v) is 5.09. The lowest BCUT2D eigenvalue weighted by atomic mass is 10.2. The Kier molecular flexibility index (Phi) is 4.62. The van der Waals surface area contributed by atoms with Crippen molar-refractivity contribution in [2.45, 2.75) is 32.9 Å². The molecule has 0 aliphatic heterocycles. The van der Waals surface area contributed by atoms with Crippen LogP contribution in [0.15, 0.2) is 12.5 Å². The van der Waals surface area contributed by atoms with E-state index in [-0.39, 0.29) is 6.04 Å². The number of nitrogens with two attached hydrogens (primary N) is 1. The zero-order valence-electron chi connectivity index (χ0n) is 8.94. The third-order valence-corrected chi connectivity index (χ3v) is 2.10. The maximum atomic E-state index is 5.80. The zero-order chi connectivity index (χ0) is 10.4. The van der Waals surface area contributed by atoms with Crippen LogP contribution in [0.4, 0.5) is 0 Å². The molecule has 0 aliphatic carbocycles. The number of ether oxygens (including phenoxy) is 1. The van der Waals surface area contributed by atoms with Crippen LogP contribution in [-0.2, 0) is 11.3 Å². The van der Waals surface area contributed by atoms with Gasteiger partial charge in [-0.05, 0) is 20.3 Å². The Morgan fingerprint density at radius 1 is 1.64 bits per heavy atom. The molecule has 1 aromatic rings.